The molecule has 3 rings (SSSR count). The monoisotopic (exact) mass is 287 g/mol. The number of ether oxygens (including phenoxy) is 1. The minimum atomic E-state index is 0.0142. The molecule has 0 bridgehead atoms. The number of ketones is 1. The van der Waals surface area contributed by atoms with Gasteiger partial charge in [0.25, 0.3) is 5.91 Å². The average Bonchev–Trinajstić information content (AvgIpc) is 3.07. The van der Waals surface area contributed by atoms with Gasteiger partial charge in [0.1, 0.15) is 5.75 Å². The van der Waals surface area contributed by atoms with Crippen molar-refractivity contribution in [3.05, 3.63) is 28.8 Å². The molecule has 0 saturated carbocycles. The number of fused-ring (bicyclic) bond motifs is 1. The topological polar surface area (TPSA) is 46.6 Å². The standard InChI is InChI=1S/C17H21NO3/c1-11-5-6-14(17-13(19)9-12(2)16(11)17)21-10-15(20)18-7-3-4-8-18/h5-6,12H,3-4,7-10H2,1-2H3. The molecule has 4 heteroatoms. The van der Waals surface area contributed by atoms with Gasteiger partial charge in [-0.2, -0.15) is 0 Å². The number of amides is 1. The molecule has 1 amide bonds. The molecule has 1 atom stereocenters. The molecular formula is C17H21NO3. The normalized spacial score (nSPS) is 20.8. The Kier molecular flexibility index (Phi) is 3.70. The lowest BCUT2D eigenvalue weighted by Gasteiger charge is -2.17. The lowest BCUT2D eigenvalue weighted by molar-refractivity contribution is -0.132. The molecule has 1 heterocycles. The van der Waals surface area contributed by atoms with Crippen LogP contribution in [0, 0.1) is 6.92 Å². The highest BCUT2D eigenvalue weighted by Gasteiger charge is 2.31. The van der Waals surface area contributed by atoms with Crippen molar-refractivity contribution in [2.24, 2.45) is 0 Å². The summed E-state index contributed by atoms with van der Waals surface area (Å²) >= 11 is 0. The number of Topliss-reactive ketones (excluding diaryl/α,β-unsaturated/α-hetero) is 1. The summed E-state index contributed by atoms with van der Waals surface area (Å²) in [4.78, 5) is 26.1. The zero-order valence-corrected chi connectivity index (χ0v) is 12.6. The molecule has 21 heavy (non-hydrogen) atoms. The first-order valence-electron chi connectivity index (χ1n) is 7.65. The average molecular weight is 287 g/mol. The van der Waals surface area contributed by atoms with Gasteiger partial charge in [0.2, 0.25) is 0 Å². The van der Waals surface area contributed by atoms with Crippen molar-refractivity contribution >= 4 is 11.7 Å². The van der Waals surface area contributed by atoms with Crippen LogP contribution in [0.25, 0.3) is 0 Å². The summed E-state index contributed by atoms with van der Waals surface area (Å²) in [5, 5.41) is 0. The first-order valence-corrected chi connectivity index (χ1v) is 7.65. The summed E-state index contributed by atoms with van der Waals surface area (Å²) in [5.41, 5.74) is 2.91. The van der Waals surface area contributed by atoms with Crippen LogP contribution in [0.2, 0.25) is 0 Å². The highest BCUT2D eigenvalue weighted by molar-refractivity contribution is 6.04. The van der Waals surface area contributed by atoms with Crippen LogP contribution in [0.5, 0.6) is 5.75 Å². The van der Waals surface area contributed by atoms with E-state index in [9.17, 15) is 9.59 Å². The molecule has 0 spiro atoms. The van der Waals surface area contributed by atoms with Crippen molar-refractivity contribution in [3.63, 3.8) is 0 Å². The molecule has 0 radical (unpaired) electrons. The van der Waals surface area contributed by atoms with Crippen LogP contribution in [-0.4, -0.2) is 36.3 Å². The summed E-state index contributed by atoms with van der Waals surface area (Å²) in [7, 11) is 0. The minimum absolute atomic E-state index is 0.0142. The fraction of sp³-hybridized carbons (Fsp3) is 0.529. The van der Waals surface area contributed by atoms with Crippen LogP contribution in [-0.2, 0) is 4.79 Å². The van der Waals surface area contributed by atoms with Crippen LogP contribution < -0.4 is 4.74 Å². The predicted octanol–water partition coefficient (Wildman–Crippen LogP) is 2.69. The van der Waals surface area contributed by atoms with Crippen LogP contribution in [0.3, 0.4) is 0 Å². The van der Waals surface area contributed by atoms with Gasteiger partial charge >= 0.3 is 0 Å². The first-order chi connectivity index (χ1) is 10.1. The van der Waals surface area contributed by atoms with Gasteiger partial charge in [-0.3, -0.25) is 9.59 Å². The van der Waals surface area contributed by atoms with E-state index in [2.05, 4.69) is 6.92 Å². The summed E-state index contributed by atoms with van der Waals surface area (Å²) in [6.07, 6.45) is 2.68. The largest absolute Gasteiger partial charge is 0.483 e. The Bertz CT molecular complexity index is 588. The molecule has 0 aromatic heterocycles. The Morgan fingerprint density at radius 3 is 2.76 bits per heavy atom. The van der Waals surface area contributed by atoms with Gasteiger partial charge in [0.05, 0.1) is 5.56 Å². The maximum Gasteiger partial charge on any atom is 0.260 e. The smallest absolute Gasteiger partial charge is 0.260 e. The number of hydrogen-bond donors (Lipinski definition) is 0. The molecular weight excluding hydrogens is 266 g/mol. The molecule has 1 fully saturated rings. The Morgan fingerprint density at radius 1 is 1.33 bits per heavy atom. The molecule has 1 aliphatic carbocycles. The van der Waals surface area contributed by atoms with Gasteiger partial charge in [-0.05, 0) is 42.9 Å². The second-order valence-electron chi connectivity index (χ2n) is 6.07. The van der Waals surface area contributed by atoms with Gasteiger partial charge in [-0.25, -0.2) is 0 Å². The maximum absolute atomic E-state index is 12.2. The van der Waals surface area contributed by atoms with Crippen LogP contribution >= 0.6 is 0 Å². The molecule has 2 aliphatic rings. The predicted molar refractivity (Wildman–Crippen MR) is 79.9 cm³/mol. The zero-order chi connectivity index (χ0) is 15.0. The number of benzene rings is 1. The minimum Gasteiger partial charge on any atom is -0.483 e. The molecule has 1 aromatic carbocycles. The summed E-state index contributed by atoms with van der Waals surface area (Å²) in [5.74, 6) is 0.952. The number of carbonyl (C=O) groups excluding carboxylic acids is 2. The molecule has 0 N–H and O–H groups in total. The van der Waals surface area contributed by atoms with Crippen molar-refractivity contribution in [2.45, 2.75) is 39.0 Å². The van der Waals surface area contributed by atoms with E-state index in [0.29, 0.717) is 17.7 Å². The molecule has 112 valence electrons. The van der Waals surface area contributed by atoms with Crippen LogP contribution in [0.15, 0.2) is 12.1 Å². The number of rotatable bonds is 3. The molecule has 1 unspecified atom stereocenters. The van der Waals surface area contributed by atoms with E-state index in [4.69, 9.17) is 4.74 Å². The van der Waals surface area contributed by atoms with Crippen LogP contribution in [0.4, 0.5) is 0 Å². The van der Waals surface area contributed by atoms with Crippen molar-refractivity contribution < 1.29 is 14.3 Å². The Hall–Kier alpha value is -1.84. The number of nitrogens with zero attached hydrogens (tertiary/aromatic N) is 1. The van der Waals surface area contributed by atoms with E-state index < -0.39 is 0 Å². The zero-order valence-electron chi connectivity index (χ0n) is 12.6. The lowest BCUT2D eigenvalue weighted by atomic mass is 9.97. The van der Waals surface area contributed by atoms with Gasteiger partial charge in [-0.15, -0.1) is 0 Å². The number of likely N-dealkylation sites (tertiary alicyclic amines) is 1. The van der Waals surface area contributed by atoms with E-state index in [1.807, 2.05) is 24.0 Å². The van der Waals surface area contributed by atoms with E-state index in [0.717, 1.165) is 37.1 Å². The Labute approximate surface area is 125 Å². The van der Waals surface area contributed by atoms with E-state index in [-0.39, 0.29) is 24.2 Å². The lowest BCUT2D eigenvalue weighted by Crippen LogP contribution is -2.32. The molecule has 1 aromatic rings. The first kappa shape index (κ1) is 14.1. The van der Waals surface area contributed by atoms with E-state index in [1.54, 1.807) is 0 Å². The van der Waals surface area contributed by atoms with Gasteiger partial charge in [0, 0.05) is 19.5 Å². The highest BCUT2D eigenvalue weighted by atomic mass is 16.5. The fourth-order valence-electron chi connectivity index (χ4n) is 3.43. The Morgan fingerprint density at radius 2 is 2.05 bits per heavy atom. The number of aryl methyl sites for hydroxylation is 1. The van der Waals surface area contributed by atoms with Gasteiger partial charge in [0.15, 0.2) is 12.4 Å². The molecule has 1 saturated heterocycles. The van der Waals surface area contributed by atoms with Crippen molar-refractivity contribution in [1.29, 1.82) is 0 Å². The third-order valence-electron chi connectivity index (χ3n) is 4.50. The molecule has 4 nitrogen and oxygen atoms in total. The van der Waals surface area contributed by atoms with Gasteiger partial charge in [-0.1, -0.05) is 13.0 Å². The third kappa shape index (κ3) is 2.55. The quantitative estimate of drug-likeness (QED) is 0.858. The fourth-order valence-corrected chi connectivity index (χ4v) is 3.43. The van der Waals surface area contributed by atoms with Crippen molar-refractivity contribution in [1.82, 2.24) is 4.90 Å². The number of hydrogen-bond acceptors (Lipinski definition) is 3. The van der Waals surface area contributed by atoms with Crippen molar-refractivity contribution in [3.8, 4) is 5.75 Å². The summed E-state index contributed by atoms with van der Waals surface area (Å²) in [6, 6.07) is 3.80. The summed E-state index contributed by atoms with van der Waals surface area (Å²) < 4.78 is 5.68. The van der Waals surface area contributed by atoms with E-state index in [1.165, 1.54) is 0 Å². The van der Waals surface area contributed by atoms with Crippen molar-refractivity contribution in [2.75, 3.05) is 19.7 Å². The second kappa shape index (κ2) is 5.51. The summed E-state index contributed by atoms with van der Waals surface area (Å²) in [6.45, 7) is 5.76. The number of carbonyl (C=O) groups is 2. The second-order valence-corrected chi connectivity index (χ2v) is 6.07. The van der Waals surface area contributed by atoms with E-state index >= 15 is 0 Å². The maximum atomic E-state index is 12.2. The van der Waals surface area contributed by atoms with Crippen LogP contribution in [0.1, 0.15) is 53.6 Å². The van der Waals surface area contributed by atoms with Gasteiger partial charge < -0.3 is 9.64 Å². The highest BCUT2D eigenvalue weighted by Crippen LogP contribution is 2.40. The molecule has 1 aliphatic heterocycles. The Balaban J connectivity index is 1.77. The third-order valence-corrected chi connectivity index (χ3v) is 4.50. The SMILES string of the molecule is Cc1ccc(OCC(=O)N2CCCC2)c2c1C(C)CC2=O.